The highest BCUT2D eigenvalue weighted by molar-refractivity contribution is 5.95. The van der Waals surface area contributed by atoms with E-state index < -0.39 is 0 Å². The molecule has 29 heavy (non-hydrogen) atoms. The van der Waals surface area contributed by atoms with Crippen molar-refractivity contribution in [1.29, 1.82) is 0 Å². The van der Waals surface area contributed by atoms with E-state index >= 15 is 0 Å². The molecule has 0 aliphatic rings. The van der Waals surface area contributed by atoms with Crippen LogP contribution in [0.3, 0.4) is 0 Å². The minimum absolute atomic E-state index is 0.181. The van der Waals surface area contributed by atoms with Gasteiger partial charge >= 0.3 is 0 Å². The highest BCUT2D eigenvalue weighted by Crippen LogP contribution is 2.23. The highest BCUT2D eigenvalue weighted by atomic mass is 16.5. The Bertz CT molecular complexity index is 949. The van der Waals surface area contributed by atoms with Crippen molar-refractivity contribution in [2.24, 2.45) is 4.99 Å². The molecule has 1 N–H and O–H groups in total. The van der Waals surface area contributed by atoms with Gasteiger partial charge in [0.1, 0.15) is 5.75 Å². The van der Waals surface area contributed by atoms with Gasteiger partial charge in [0.15, 0.2) is 11.5 Å². The van der Waals surface area contributed by atoms with Gasteiger partial charge in [0, 0.05) is 5.57 Å². The van der Waals surface area contributed by atoms with Gasteiger partial charge in [-0.1, -0.05) is 56.0 Å². The number of aromatic hydroxyl groups is 1. The van der Waals surface area contributed by atoms with E-state index in [0.29, 0.717) is 11.6 Å². The van der Waals surface area contributed by atoms with E-state index in [1.54, 1.807) is 24.3 Å². The third-order valence-electron chi connectivity index (χ3n) is 3.96. The van der Waals surface area contributed by atoms with Crippen LogP contribution >= 0.6 is 0 Å². The van der Waals surface area contributed by atoms with E-state index in [4.69, 9.17) is 14.6 Å². The van der Waals surface area contributed by atoms with Crippen LogP contribution in [0.5, 0.6) is 17.2 Å². The molecule has 4 heteroatoms. The molecule has 3 rings (SSSR count). The number of nitrogens with zero attached hydrogens (tertiary/aromatic N) is 1. The summed E-state index contributed by atoms with van der Waals surface area (Å²) in [5, 5.41) is 8.99. The van der Waals surface area contributed by atoms with Crippen LogP contribution in [0.25, 0.3) is 0 Å². The number of benzene rings is 3. The summed E-state index contributed by atoms with van der Waals surface area (Å²) in [4.78, 5) is 4.50. The van der Waals surface area contributed by atoms with E-state index in [1.807, 2.05) is 55.5 Å². The normalized spacial score (nSPS) is 10.5. The van der Waals surface area contributed by atoms with Gasteiger partial charge in [-0.15, -0.1) is 0 Å². The number of phenols is 1. The van der Waals surface area contributed by atoms with E-state index in [9.17, 15) is 0 Å². The molecular formula is C25H27NO3. The number of ether oxygens (including phenoxy) is 2. The van der Waals surface area contributed by atoms with Crippen molar-refractivity contribution < 1.29 is 14.6 Å². The van der Waals surface area contributed by atoms with Gasteiger partial charge < -0.3 is 14.6 Å². The first kappa shape index (κ1) is 21.8. The van der Waals surface area contributed by atoms with Crippen LogP contribution in [0.2, 0.25) is 0 Å². The Labute approximate surface area is 172 Å². The van der Waals surface area contributed by atoms with Gasteiger partial charge in [-0.2, -0.15) is 0 Å². The second kappa shape index (κ2) is 11.3. The summed E-state index contributed by atoms with van der Waals surface area (Å²) < 4.78 is 10.7. The Hall–Kier alpha value is -3.53. The summed E-state index contributed by atoms with van der Waals surface area (Å²) in [7, 11) is 1.52. The Kier molecular flexibility index (Phi) is 8.51. The molecule has 0 atom stereocenters. The molecule has 4 nitrogen and oxygen atoms in total. The Morgan fingerprint density at radius 1 is 0.966 bits per heavy atom. The fraction of sp³-hybridized carbons (Fsp3) is 0.160. The maximum absolute atomic E-state index is 8.99. The molecule has 0 radical (unpaired) electrons. The van der Waals surface area contributed by atoms with Crippen molar-refractivity contribution in [1.82, 2.24) is 0 Å². The van der Waals surface area contributed by atoms with Gasteiger partial charge in [0.25, 0.3) is 0 Å². The monoisotopic (exact) mass is 389 g/mol. The summed E-state index contributed by atoms with van der Waals surface area (Å²) in [6, 6.07) is 24.6. The topological polar surface area (TPSA) is 51.0 Å². The number of hydrogen-bond donors (Lipinski definition) is 1. The van der Waals surface area contributed by atoms with Crippen LogP contribution < -0.4 is 9.47 Å². The molecule has 0 aliphatic carbocycles. The van der Waals surface area contributed by atoms with Crippen LogP contribution in [0.4, 0.5) is 5.69 Å². The average Bonchev–Trinajstić information content (AvgIpc) is 2.75. The molecule has 0 spiro atoms. The fourth-order valence-electron chi connectivity index (χ4n) is 2.40. The molecule has 0 amide bonds. The number of hydrogen-bond acceptors (Lipinski definition) is 4. The number of phenolic OH excluding ortho intramolecular Hbond substituents is 1. The molecule has 0 saturated heterocycles. The van der Waals surface area contributed by atoms with Crippen molar-refractivity contribution in [2.45, 2.75) is 20.3 Å². The van der Waals surface area contributed by atoms with Crippen molar-refractivity contribution in [3.8, 4) is 17.2 Å². The van der Waals surface area contributed by atoms with Crippen LogP contribution in [-0.4, -0.2) is 18.1 Å². The number of rotatable bonds is 5. The van der Waals surface area contributed by atoms with Crippen molar-refractivity contribution >= 4 is 11.6 Å². The second-order valence-corrected chi connectivity index (χ2v) is 6.31. The molecule has 0 heterocycles. The first-order valence-electron chi connectivity index (χ1n) is 9.42. The van der Waals surface area contributed by atoms with Crippen molar-refractivity contribution in [3.63, 3.8) is 0 Å². The molecule has 0 saturated carbocycles. The lowest BCUT2D eigenvalue weighted by molar-refractivity contribution is 0.373. The first-order valence-corrected chi connectivity index (χ1v) is 9.42. The summed E-state index contributed by atoms with van der Waals surface area (Å²) in [6.45, 7) is 7.95. The van der Waals surface area contributed by atoms with Gasteiger partial charge in [-0.25, -0.2) is 4.99 Å². The minimum Gasteiger partial charge on any atom is -0.504 e. The van der Waals surface area contributed by atoms with Crippen LogP contribution in [0, 0.1) is 0 Å². The number of aliphatic imine (C=N–C) groups is 1. The van der Waals surface area contributed by atoms with Crippen LogP contribution in [-0.2, 0) is 6.42 Å². The third-order valence-corrected chi connectivity index (χ3v) is 3.96. The van der Waals surface area contributed by atoms with Gasteiger partial charge in [0.2, 0.25) is 5.90 Å². The maximum Gasteiger partial charge on any atom is 0.222 e. The molecular weight excluding hydrogens is 362 g/mol. The molecule has 0 aromatic heterocycles. The lowest BCUT2D eigenvalue weighted by Crippen LogP contribution is -2.09. The third kappa shape index (κ3) is 7.18. The molecule has 0 aliphatic heterocycles. The zero-order chi connectivity index (χ0) is 21.1. The second-order valence-electron chi connectivity index (χ2n) is 6.31. The standard InChI is InChI=1S/C18H19NO.C7H8O2/c1-4-15-9-8-12-17(13-15)20-18(14(2)3)19-16-10-6-5-7-11-16;1-9-7-5-3-2-4-6(7)8/h5-13H,2,4H2,1,3H3;2-5,8H,1H3. The quantitative estimate of drug-likeness (QED) is 0.409. The summed E-state index contributed by atoms with van der Waals surface area (Å²) >= 11 is 0. The predicted molar refractivity (Wildman–Crippen MR) is 119 cm³/mol. The van der Waals surface area contributed by atoms with E-state index in [0.717, 1.165) is 23.4 Å². The fourth-order valence-corrected chi connectivity index (χ4v) is 2.40. The highest BCUT2D eigenvalue weighted by Gasteiger charge is 2.05. The Morgan fingerprint density at radius 3 is 2.24 bits per heavy atom. The van der Waals surface area contributed by atoms with Crippen molar-refractivity contribution in [2.75, 3.05) is 7.11 Å². The summed E-state index contributed by atoms with van der Waals surface area (Å²) in [6.07, 6.45) is 0.982. The molecule has 150 valence electrons. The van der Waals surface area contributed by atoms with E-state index in [2.05, 4.69) is 24.6 Å². The zero-order valence-electron chi connectivity index (χ0n) is 17.1. The number of aryl methyl sites for hydroxylation is 1. The van der Waals surface area contributed by atoms with E-state index in [-0.39, 0.29) is 5.75 Å². The minimum atomic E-state index is 0.181. The van der Waals surface area contributed by atoms with E-state index in [1.165, 1.54) is 12.7 Å². The van der Waals surface area contributed by atoms with Crippen LogP contribution in [0.1, 0.15) is 19.4 Å². The first-order chi connectivity index (χ1) is 14.0. The average molecular weight is 389 g/mol. The summed E-state index contributed by atoms with van der Waals surface area (Å²) in [5.41, 5.74) is 2.90. The Balaban J connectivity index is 0.000000278. The Morgan fingerprint density at radius 2 is 1.66 bits per heavy atom. The smallest absolute Gasteiger partial charge is 0.222 e. The number of methoxy groups -OCH3 is 1. The zero-order valence-corrected chi connectivity index (χ0v) is 17.1. The molecule has 3 aromatic carbocycles. The predicted octanol–water partition coefficient (Wildman–Crippen LogP) is 6.33. The van der Waals surface area contributed by atoms with Gasteiger partial charge in [-0.05, 0) is 55.3 Å². The van der Waals surface area contributed by atoms with Crippen molar-refractivity contribution in [3.05, 3.63) is 96.6 Å². The molecule has 0 unspecified atom stereocenters. The SMILES string of the molecule is C=C(C)C(=Nc1ccccc1)Oc1cccc(CC)c1.COc1ccccc1O. The molecule has 0 fully saturated rings. The molecule has 3 aromatic rings. The maximum atomic E-state index is 8.99. The van der Waals surface area contributed by atoms with Gasteiger partial charge in [0.05, 0.1) is 12.8 Å². The number of para-hydroxylation sites is 3. The lowest BCUT2D eigenvalue weighted by atomic mass is 10.2. The summed E-state index contributed by atoms with van der Waals surface area (Å²) in [5.74, 6) is 2.03. The lowest BCUT2D eigenvalue weighted by Gasteiger charge is -2.09. The largest absolute Gasteiger partial charge is 0.504 e. The molecule has 0 bridgehead atoms. The van der Waals surface area contributed by atoms with Gasteiger partial charge in [-0.3, -0.25) is 0 Å². The van der Waals surface area contributed by atoms with Crippen LogP contribution in [0.15, 0.2) is 96.0 Å².